The third-order valence-electron chi connectivity index (χ3n) is 4.15. The number of fused-ring (bicyclic) bond motifs is 1. The lowest BCUT2D eigenvalue weighted by Crippen LogP contribution is -2.57. The number of hydrogen-bond donors (Lipinski definition) is 1. The Hall–Kier alpha value is -1.10. The largest absolute Gasteiger partial charge is 0.550 e. The van der Waals surface area contributed by atoms with Crippen molar-refractivity contribution in [1.82, 2.24) is 0 Å². The molecule has 2 atom stereocenters. The average Bonchev–Trinajstić information content (AvgIpc) is 2.26. The highest BCUT2D eigenvalue weighted by molar-refractivity contribution is 5.71. The van der Waals surface area contributed by atoms with Gasteiger partial charge in [-0.1, -0.05) is 6.42 Å². The lowest BCUT2D eigenvalue weighted by molar-refractivity contribution is -0.312. The Morgan fingerprint density at radius 2 is 2.06 bits per heavy atom. The molecule has 1 aliphatic heterocycles. The smallest absolute Gasteiger partial charge is 0.308 e. The van der Waals surface area contributed by atoms with E-state index >= 15 is 0 Å². The maximum absolute atomic E-state index is 11.3. The van der Waals surface area contributed by atoms with Crippen LogP contribution in [0.25, 0.3) is 0 Å². The second-order valence-electron chi connectivity index (χ2n) is 5.12. The Kier molecular flexibility index (Phi) is 3.12. The summed E-state index contributed by atoms with van der Waals surface area (Å²) >= 11 is 0. The highest BCUT2D eigenvalue weighted by Gasteiger charge is 2.56. The normalized spacial score (nSPS) is 37.1. The summed E-state index contributed by atoms with van der Waals surface area (Å²) in [5.41, 5.74) is -0.584. The number of carboxylic acids is 1. The average molecular weight is 241 g/mol. The van der Waals surface area contributed by atoms with E-state index in [1.54, 1.807) is 0 Å². The third kappa shape index (κ3) is 2.16. The second kappa shape index (κ2) is 4.29. The highest BCUT2D eigenvalue weighted by Crippen LogP contribution is 2.53. The first-order valence-electron chi connectivity index (χ1n) is 6.12. The fraction of sp³-hybridized carbons (Fsp3) is 0.833. The minimum absolute atomic E-state index is 0.0974. The Morgan fingerprint density at radius 1 is 1.35 bits per heavy atom. The molecule has 2 aliphatic rings. The molecule has 0 aromatic heterocycles. The molecular formula is C12H17O5-. The Labute approximate surface area is 99.8 Å². The van der Waals surface area contributed by atoms with Gasteiger partial charge in [-0.25, -0.2) is 0 Å². The first kappa shape index (κ1) is 12.4. The van der Waals surface area contributed by atoms with Crippen LogP contribution in [0, 0.1) is 5.41 Å². The van der Waals surface area contributed by atoms with Crippen LogP contribution >= 0.6 is 0 Å². The zero-order valence-corrected chi connectivity index (χ0v) is 9.74. The van der Waals surface area contributed by atoms with Crippen molar-refractivity contribution in [3.63, 3.8) is 0 Å². The van der Waals surface area contributed by atoms with E-state index < -0.39 is 23.1 Å². The first-order valence-corrected chi connectivity index (χ1v) is 6.12. The van der Waals surface area contributed by atoms with Gasteiger partial charge in [0.05, 0.1) is 0 Å². The van der Waals surface area contributed by atoms with Crippen LogP contribution in [0.15, 0.2) is 0 Å². The zero-order valence-electron chi connectivity index (χ0n) is 9.74. The number of carbonyl (C=O) groups excluding carboxylic acids is 2. The number of rotatable bonds is 3. The fourth-order valence-corrected chi connectivity index (χ4v) is 3.14. The number of aliphatic carboxylic acids is 1. The van der Waals surface area contributed by atoms with Crippen molar-refractivity contribution in [2.75, 3.05) is 0 Å². The van der Waals surface area contributed by atoms with E-state index in [1.807, 2.05) is 0 Å². The molecule has 96 valence electrons. The van der Waals surface area contributed by atoms with E-state index in [4.69, 9.17) is 4.74 Å². The Bertz CT molecular complexity index is 340. The monoisotopic (exact) mass is 241 g/mol. The van der Waals surface area contributed by atoms with Crippen molar-refractivity contribution in [3.05, 3.63) is 0 Å². The molecule has 0 amide bonds. The van der Waals surface area contributed by atoms with Crippen molar-refractivity contribution in [2.24, 2.45) is 5.41 Å². The maximum Gasteiger partial charge on any atom is 0.308 e. The molecule has 0 spiro atoms. The predicted octanol–water partition coefficient (Wildman–Crippen LogP) is 0.102. The third-order valence-corrected chi connectivity index (χ3v) is 4.15. The standard InChI is InChI=1S/C12H18O5/c13-9(14)3-7-11-5-1-2-6-12(11,16)17-10(15)4-8-11/h16H,1-8H2,(H,13,14)/p-1/t11-,12+/m1/s1. The molecule has 1 N–H and O–H groups in total. The van der Waals surface area contributed by atoms with Gasteiger partial charge in [0.15, 0.2) is 0 Å². The molecule has 1 heterocycles. The van der Waals surface area contributed by atoms with Crippen molar-refractivity contribution in [3.8, 4) is 0 Å². The maximum atomic E-state index is 11.3. The van der Waals surface area contributed by atoms with Crippen molar-refractivity contribution >= 4 is 11.9 Å². The van der Waals surface area contributed by atoms with Gasteiger partial charge in [-0.3, -0.25) is 4.79 Å². The molecule has 0 radical (unpaired) electrons. The number of carbonyl (C=O) groups is 2. The van der Waals surface area contributed by atoms with Gasteiger partial charge < -0.3 is 19.7 Å². The fourth-order valence-electron chi connectivity index (χ4n) is 3.14. The van der Waals surface area contributed by atoms with E-state index in [1.165, 1.54) is 0 Å². The van der Waals surface area contributed by atoms with Gasteiger partial charge in [-0.2, -0.15) is 0 Å². The molecule has 5 nitrogen and oxygen atoms in total. The van der Waals surface area contributed by atoms with Crippen LogP contribution in [0.5, 0.6) is 0 Å². The summed E-state index contributed by atoms with van der Waals surface area (Å²) in [6.07, 6.45) is 3.85. The first-order chi connectivity index (χ1) is 7.97. The summed E-state index contributed by atoms with van der Waals surface area (Å²) in [4.78, 5) is 21.9. The van der Waals surface area contributed by atoms with Crippen molar-refractivity contribution < 1.29 is 24.5 Å². The molecule has 2 rings (SSSR count). The van der Waals surface area contributed by atoms with Gasteiger partial charge in [0.25, 0.3) is 0 Å². The van der Waals surface area contributed by atoms with E-state index in [2.05, 4.69) is 0 Å². The van der Waals surface area contributed by atoms with Crippen LogP contribution in [0.1, 0.15) is 51.4 Å². The molecule has 1 aliphatic carbocycles. The molecule has 0 bridgehead atoms. The van der Waals surface area contributed by atoms with Crippen LogP contribution in [0.2, 0.25) is 0 Å². The van der Waals surface area contributed by atoms with Crippen LogP contribution in [-0.4, -0.2) is 22.8 Å². The predicted molar refractivity (Wildman–Crippen MR) is 55.4 cm³/mol. The van der Waals surface area contributed by atoms with Gasteiger partial charge >= 0.3 is 5.97 Å². The van der Waals surface area contributed by atoms with Gasteiger partial charge in [0.1, 0.15) is 0 Å². The minimum Gasteiger partial charge on any atom is -0.550 e. The highest BCUT2D eigenvalue weighted by atomic mass is 16.7. The lowest BCUT2D eigenvalue weighted by Gasteiger charge is -2.52. The molecule has 1 saturated heterocycles. The number of ether oxygens (including phenoxy) is 1. The summed E-state index contributed by atoms with van der Waals surface area (Å²) in [7, 11) is 0. The van der Waals surface area contributed by atoms with Crippen molar-refractivity contribution in [2.45, 2.75) is 57.2 Å². The molecule has 17 heavy (non-hydrogen) atoms. The van der Waals surface area contributed by atoms with E-state index in [0.29, 0.717) is 25.7 Å². The lowest BCUT2D eigenvalue weighted by atomic mass is 9.63. The van der Waals surface area contributed by atoms with Crippen LogP contribution in [-0.2, 0) is 14.3 Å². The van der Waals surface area contributed by atoms with Crippen molar-refractivity contribution in [1.29, 1.82) is 0 Å². The van der Waals surface area contributed by atoms with E-state index in [9.17, 15) is 19.8 Å². The van der Waals surface area contributed by atoms with E-state index in [0.717, 1.165) is 12.8 Å². The second-order valence-corrected chi connectivity index (χ2v) is 5.12. The summed E-state index contributed by atoms with van der Waals surface area (Å²) in [6.45, 7) is 0. The number of hydrogen-bond acceptors (Lipinski definition) is 5. The van der Waals surface area contributed by atoms with Gasteiger partial charge in [-0.15, -0.1) is 0 Å². The number of aliphatic hydroxyl groups is 1. The number of carboxylic acid groups (broad SMARTS) is 1. The zero-order chi connectivity index (χ0) is 12.5. The summed E-state index contributed by atoms with van der Waals surface area (Å²) in [5, 5.41) is 21.0. The SMILES string of the molecule is O=C([O-])CC[C@@]12CCCC[C@]1(O)OC(=O)CC2. The summed E-state index contributed by atoms with van der Waals surface area (Å²) < 4.78 is 5.12. The Morgan fingerprint density at radius 3 is 2.76 bits per heavy atom. The molecule has 1 saturated carbocycles. The quantitative estimate of drug-likeness (QED) is 0.708. The molecular weight excluding hydrogens is 224 g/mol. The van der Waals surface area contributed by atoms with E-state index in [-0.39, 0.29) is 12.8 Å². The molecule has 0 aromatic rings. The van der Waals surface area contributed by atoms with Gasteiger partial charge in [-0.05, 0) is 32.1 Å². The van der Waals surface area contributed by atoms with Crippen LogP contribution in [0.3, 0.4) is 0 Å². The summed E-state index contributed by atoms with van der Waals surface area (Å²) in [5.74, 6) is -2.97. The topological polar surface area (TPSA) is 86.7 Å². The molecule has 2 fully saturated rings. The Balaban J connectivity index is 2.19. The molecule has 5 heteroatoms. The van der Waals surface area contributed by atoms with Crippen LogP contribution < -0.4 is 5.11 Å². The molecule has 0 aromatic carbocycles. The minimum atomic E-state index is -1.46. The number of esters is 1. The van der Waals surface area contributed by atoms with Gasteiger partial charge in [0, 0.05) is 24.2 Å². The molecule has 0 unspecified atom stereocenters. The van der Waals surface area contributed by atoms with Gasteiger partial charge in [0.2, 0.25) is 5.79 Å². The summed E-state index contributed by atoms with van der Waals surface area (Å²) in [6, 6.07) is 0. The van der Waals surface area contributed by atoms with Crippen LogP contribution in [0.4, 0.5) is 0 Å².